The molecule has 0 radical (unpaired) electrons. The van der Waals surface area contributed by atoms with Crippen LogP contribution in [0.2, 0.25) is 0 Å². The van der Waals surface area contributed by atoms with E-state index >= 15 is 0 Å². The summed E-state index contributed by atoms with van der Waals surface area (Å²) in [6.07, 6.45) is -0.0993. The first-order valence-corrected chi connectivity index (χ1v) is 11.8. The van der Waals surface area contributed by atoms with E-state index in [0.717, 1.165) is 43.6 Å². The monoisotopic (exact) mass is 477 g/mol. The van der Waals surface area contributed by atoms with E-state index in [1.165, 1.54) is 0 Å². The Kier molecular flexibility index (Phi) is 8.29. The predicted octanol–water partition coefficient (Wildman–Crippen LogP) is 6.92. The molecule has 1 saturated carbocycles. The number of nitrogens with one attached hydrogen (secondary N) is 1. The molecule has 0 aromatic heterocycles. The fourth-order valence-electron chi connectivity index (χ4n) is 4.52. The van der Waals surface area contributed by atoms with Gasteiger partial charge in [0.1, 0.15) is 5.75 Å². The molecule has 1 aliphatic carbocycles. The molecule has 186 valence electrons. The summed E-state index contributed by atoms with van der Waals surface area (Å²) >= 11 is 0. The van der Waals surface area contributed by atoms with Crippen molar-refractivity contribution in [1.29, 1.82) is 0 Å². The van der Waals surface area contributed by atoms with Gasteiger partial charge in [0.05, 0.1) is 18.1 Å². The van der Waals surface area contributed by atoms with Crippen molar-refractivity contribution in [3.8, 4) is 16.9 Å². The quantitative estimate of drug-likeness (QED) is 0.405. The molecule has 0 atom stereocenters. The van der Waals surface area contributed by atoms with Crippen molar-refractivity contribution in [3.05, 3.63) is 53.6 Å². The van der Waals surface area contributed by atoms with Gasteiger partial charge in [-0.15, -0.1) is 0 Å². The number of hydrogen-bond donors (Lipinski definition) is 2. The van der Waals surface area contributed by atoms with Gasteiger partial charge in [-0.25, -0.2) is 0 Å². The molecule has 1 aliphatic rings. The number of aliphatic carboxylic acids is 1. The molecule has 0 saturated heterocycles. The number of carboxylic acids is 1. The number of halogens is 3. The van der Waals surface area contributed by atoms with Gasteiger partial charge < -0.3 is 15.2 Å². The van der Waals surface area contributed by atoms with E-state index in [4.69, 9.17) is 9.84 Å². The Morgan fingerprint density at radius 3 is 2.21 bits per heavy atom. The summed E-state index contributed by atoms with van der Waals surface area (Å²) in [6, 6.07) is 11.1. The Morgan fingerprint density at radius 2 is 1.65 bits per heavy atom. The zero-order chi connectivity index (χ0) is 24.9. The lowest BCUT2D eigenvalue weighted by atomic mass is 9.72. The molecule has 2 aromatic rings. The molecule has 0 spiro atoms. The average molecular weight is 478 g/mol. The second-order valence-corrected chi connectivity index (χ2v) is 10.2. The molecule has 3 rings (SSSR count). The summed E-state index contributed by atoms with van der Waals surface area (Å²) in [5.41, 5.74) is 1.16. The van der Waals surface area contributed by atoms with Crippen molar-refractivity contribution < 1.29 is 27.8 Å². The van der Waals surface area contributed by atoms with Gasteiger partial charge >= 0.3 is 12.1 Å². The maximum absolute atomic E-state index is 13.5. The van der Waals surface area contributed by atoms with Crippen LogP contribution in [0.25, 0.3) is 11.1 Å². The second-order valence-electron chi connectivity index (χ2n) is 10.2. The topological polar surface area (TPSA) is 58.6 Å². The number of benzene rings is 2. The van der Waals surface area contributed by atoms with Gasteiger partial charge in [-0.2, -0.15) is 13.2 Å². The third-order valence-electron chi connectivity index (χ3n) is 6.55. The smallest absolute Gasteiger partial charge is 0.416 e. The lowest BCUT2D eigenvalue weighted by molar-refractivity contribution is -0.138. The lowest BCUT2D eigenvalue weighted by Gasteiger charge is -2.36. The van der Waals surface area contributed by atoms with Crippen molar-refractivity contribution in [3.63, 3.8) is 0 Å². The van der Waals surface area contributed by atoms with Crippen LogP contribution in [-0.2, 0) is 17.5 Å². The molecule has 0 unspecified atom stereocenters. The highest BCUT2D eigenvalue weighted by molar-refractivity contribution is 5.67. The highest BCUT2D eigenvalue weighted by Gasteiger charge is 2.32. The third-order valence-corrected chi connectivity index (χ3v) is 6.55. The summed E-state index contributed by atoms with van der Waals surface area (Å²) in [5, 5.41) is 11.6. The largest absolute Gasteiger partial charge is 0.490 e. The van der Waals surface area contributed by atoms with E-state index in [1.807, 2.05) is 12.1 Å². The molecular weight excluding hydrogens is 443 g/mol. The van der Waals surface area contributed by atoms with Crippen molar-refractivity contribution >= 4 is 5.97 Å². The van der Waals surface area contributed by atoms with Crippen molar-refractivity contribution in [1.82, 2.24) is 5.32 Å². The van der Waals surface area contributed by atoms with Crippen LogP contribution in [0.1, 0.15) is 64.0 Å². The van der Waals surface area contributed by atoms with Crippen molar-refractivity contribution in [2.75, 3.05) is 6.54 Å². The first-order valence-electron chi connectivity index (χ1n) is 11.8. The molecule has 1 fully saturated rings. The maximum Gasteiger partial charge on any atom is 0.416 e. The van der Waals surface area contributed by atoms with Gasteiger partial charge in [-0.1, -0.05) is 32.9 Å². The Hall–Kier alpha value is -2.54. The van der Waals surface area contributed by atoms with E-state index in [1.54, 1.807) is 18.2 Å². The summed E-state index contributed by atoms with van der Waals surface area (Å²) in [4.78, 5) is 10.6. The van der Waals surface area contributed by atoms with Gasteiger partial charge in [0.2, 0.25) is 0 Å². The highest BCUT2D eigenvalue weighted by Crippen LogP contribution is 2.39. The molecule has 34 heavy (non-hydrogen) atoms. The Morgan fingerprint density at radius 1 is 1.00 bits per heavy atom. The van der Waals surface area contributed by atoms with Gasteiger partial charge in [0.25, 0.3) is 0 Å². The SMILES string of the molecule is CC(C)(C)C1CCC(Oc2ccc(-c3cc(CNCCC(=O)O)cc(C(F)(F)F)c3)cc2)CC1. The van der Waals surface area contributed by atoms with Crippen LogP contribution in [0.15, 0.2) is 42.5 Å². The number of carbonyl (C=O) groups is 1. The molecule has 7 heteroatoms. The molecule has 0 bridgehead atoms. The predicted molar refractivity (Wildman–Crippen MR) is 127 cm³/mol. The first kappa shape index (κ1) is 26.1. The Labute approximate surface area is 199 Å². The Balaban J connectivity index is 1.69. The zero-order valence-electron chi connectivity index (χ0n) is 20.0. The standard InChI is InChI=1S/C27H34F3NO3/c1-26(2,3)21-6-10-24(11-7-21)34-23-8-4-19(5-9-23)20-14-18(17-31-13-12-25(32)33)15-22(16-20)27(28,29)30/h4-5,8-9,14-16,21,24,31H,6-7,10-13,17H2,1-3H3,(H,32,33). The first-order chi connectivity index (χ1) is 15.9. The third kappa shape index (κ3) is 7.49. The van der Waals surface area contributed by atoms with Crippen LogP contribution in [0.3, 0.4) is 0 Å². The van der Waals surface area contributed by atoms with E-state index in [-0.39, 0.29) is 25.6 Å². The summed E-state index contributed by atoms with van der Waals surface area (Å²) in [5.74, 6) is 0.468. The lowest BCUT2D eigenvalue weighted by Crippen LogP contribution is -2.30. The number of carboxylic acid groups (broad SMARTS) is 1. The molecule has 0 amide bonds. The fourth-order valence-corrected chi connectivity index (χ4v) is 4.52. The van der Waals surface area contributed by atoms with Crippen LogP contribution in [0, 0.1) is 11.3 Å². The van der Waals surface area contributed by atoms with E-state index in [9.17, 15) is 18.0 Å². The van der Waals surface area contributed by atoms with E-state index in [0.29, 0.717) is 28.0 Å². The van der Waals surface area contributed by atoms with Gasteiger partial charge in [-0.3, -0.25) is 4.79 Å². The fraction of sp³-hybridized carbons (Fsp3) is 0.519. The molecule has 4 nitrogen and oxygen atoms in total. The summed E-state index contributed by atoms with van der Waals surface area (Å²) < 4.78 is 46.6. The maximum atomic E-state index is 13.5. The summed E-state index contributed by atoms with van der Waals surface area (Å²) in [7, 11) is 0. The number of hydrogen-bond acceptors (Lipinski definition) is 3. The van der Waals surface area contributed by atoms with E-state index in [2.05, 4.69) is 26.1 Å². The van der Waals surface area contributed by atoms with Crippen molar-refractivity contribution in [2.45, 2.75) is 71.7 Å². The number of ether oxygens (including phenoxy) is 1. The molecular formula is C27H34F3NO3. The van der Waals surface area contributed by atoms with Crippen molar-refractivity contribution in [2.24, 2.45) is 11.3 Å². The number of rotatable bonds is 8. The second kappa shape index (κ2) is 10.8. The van der Waals surface area contributed by atoms with Gasteiger partial charge in [-0.05, 0) is 84.0 Å². The molecule has 0 aliphatic heterocycles. The average Bonchev–Trinajstić information content (AvgIpc) is 2.76. The van der Waals surface area contributed by atoms with Crippen LogP contribution < -0.4 is 10.1 Å². The highest BCUT2D eigenvalue weighted by atomic mass is 19.4. The van der Waals surface area contributed by atoms with Crippen LogP contribution >= 0.6 is 0 Å². The number of alkyl halides is 3. The molecule has 2 aromatic carbocycles. The van der Waals surface area contributed by atoms with Gasteiger partial charge in [0.15, 0.2) is 0 Å². The van der Waals surface area contributed by atoms with Crippen LogP contribution in [-0.4, -0.2) is 23.7 Å². The molecule has 2 N–H and O–H groups in total. The van der Waals surface area contributed by atoms with E-state index < -0.39 is 17.7 Å². The van der Waals surface area contributed by atoms with Crippen LogP contribution in [0.5, 0.6) is 5.75 Å². The normalized spacial score (nSPS) is 19.1. The summed E-state index contributed by atoms with van der Waals surface area (Å²) in [6.45, 7) is 7.18. The minimum Gasteiger partial charge on any atom is -0.490 e. The Bertz CT molecular complexity index is 957. The molecule has 0 heterocycles. The van der Waals surface area contributed by atoms with Crippen LogP contribution in [0.4, 0.5) is 13.2 Å². The van der Waals surface area contributed by atoms with Gasteiger partial charge in [0, 0.05) is 13.1 Å². The minimum atomic E-state index is -4.47. The zero-order valence-corrected chi connectivity index (χ0v) is 20.0. The minimum absolute atomic E-state index is 0.0921.